The summed E-state index contributed by atoms with van der Waals surface area (Å²) in [7, 11) is 0. The molecule has 0 aliphatic carbocycles. The predicted molar refractivity (Wildman–Crippen MR) is 33.9 cm³/mol. The summed E-state index contributed by atoms with van der Waals surface area (Å²) in [5.74, 6) is 0. The van der Waals surface area contributed by atoms with E-state index in [1.807, 2.05) is 0 Å². The molecule has 1 saturated heterocycles. The van der Waals surface area contributed by atoms with Crippen molar-refractivity contribution in [2.45, 2.75) is 20.3 Å². The zero-order chi connectivity index (χ0) is 3.54. The van der Waals surface area contributed by atoms with Crippen LogP contribution < -0.4 is 0 Å². The average molecular weight is 112 g/mol. The van der Waals surface area contributed by atoms with Crippen LogP contribution in [0.1, 0.15) is 20.3 Å². The van der Waals surface area contributed by atoms with Gasteiger partial charge < -0.3 is 4.74 Å². The van der Waals surface area contributed by atoms with Gasteiger partial charge in [0.05, 0.1) is 0 Å². The van der Waals surface area contributed by atoms with Gasteiger partial charge in [-0.25, -0.2) is 0 Å². The maximum atomic E-state index is 4.94. The van der Waals surface area contributed by atoms with E-state index in [0.717, 1.165) is 13.2 Å². The zero-order valence-electron chi connectivity index (χ0n) is 3.24. The molecule has 0 atom stereocenters. The van der Waals surface area contributed by atoms with Crippen LogP contribution in [0.25, 0.3) is 0 Å². The van der Waals surface area contributed by atoms with Crippen LogP contribution in [0.2, 0.25) is 0 Å². The number of hydrogen-bond acceptors (Lipinski definition) is 1. The second-order valence-electron chi connectivity index (χ2n) is 1.32. The number of rotatable bonds is 0. The summed E-state index contributed by atoms with van der Waals surface area (Å²) in [6, 6.07) is 0. The third-order valence-corrected chi connectivity index (χ3v) is 0.827. The van der Waals surface area contributed by atoms with Gasteiger partial charge in [0.2, 0.25) is 0 Å². The SMILES string of the molecule is C.C1CCOC1.[NaH]. The van der Waals surface area contributed by atoms with E-state index < -0.39 is 0 Å². The molecule has 1 nitrogen and oxygen atoms in total. The van der Waals surface area contributed by atoms with Crippen LogP contribution in [0.3, 0.4) is 0 Å². The van der Waals surface area contributed by atoms with Crippen LogP contribution in [0, 0.1) is 0 Å². The minimum absolute atomic E-state index is 0. The first-order valence-electron chi connectivity index (χ1n) is 2.08. The molecule has 0 aromatic rings. The predicted octanol–water partition coefficient (Wildman–Crippen LogP) is 0.784. The fourth-order valence-corrected chi connectivity index (χ4v) is 0.510. The third-order valence-electron chi connectivity index (χ3n) is 0.827. The normalized spacial score (nSPS) is 17.1. The van der Waals surface area contributed by atoms with E-state index in [9.17, 15) is 0 Å². The fraction of sp³-hybridized carbons (Fsp3) is 1.00. The standard InChI is InChI=1S/C4H8O.CH4.Na.H/c1-2-4-5-3-1;;;/h1-4H2;1H4;;. The van der Waals surface area contributed by atoms with Gasteiger partial charge in [-0.15, -0.1) is 0 Å². The molecule has 0 unspecified atom stereocenters. The van der Waals surface area contributed by atoms with Gasteiger partial charge in [0.15, 0.2) is 0 Å². The van der Waals surface area contributed by atoms with Gasteiger partial charge in [-0.2, -0.15) is 0 Å². The molecule has 0 aromatic heterocycles. The zero-order valence-corrected chi connectivity index (χ0v) is 3.24. The molecule has 1 rings (SSSR count). The molecule has 40 valence electrons. The second-order valence-corrected chi connectivity index (χ2v) is 1.32. The molecule has 0 amide bonds. The summed E-state index contributed by atoms with van der Waals surface area (Å²) in [4.78, 5) is 0. The van der Waals surface area contributed by atoms with Crippen molar-refractivity contribution in [3.8, 4) is 0 Å². The minimum atomic E-state index is 0. The number of ether oxygens (including phenoxy) is 1. The average Bonchev–Trinajstić information content (AvgIpc) is 1.76. The van der Waals surface area contributed by atoms with Crippen LogP contribution in [-0.2, 0) is 4.74 Å². The summed E-state index contributed by atoms with van der Waals surface area (Å²) in [5, 5.41) is 0. The van der Waals surface area contributed by atoms with Crippen molar-refractivity contribution in [2.24, 2.45) is 0 Å². The van der Waals surface area contributed by atoms with Gasteiger partial charge in [0.1, 0.15) is 0 Å². The summed E-state index contributed by atoms with van der Waals surface area (Å²) < 4.78 is 4.94. The summed E-state index contributed by atoms with van der Waals surface area (Å²) >= 11 is 0. The van der Waals surface area contributed by atoms with Gasteiger partial charge in [-0.05, 0) is 12.8 Å². The van der Waals surface area contributed by atoms with Crippen LogP contribution in [0.5, 0.6) is 0 Å². The first kappa shape index (κ1) is 10.9. The third kappa shape index (κ3) is 4.82. The van der Waals surface area contributed by atoms with Crippen molar-refractivity contribution < 1.29 is 4.74 Å². The van der Waals surface area contributed by atoms with Crippen molar-refractivity contribution in [3.63, 3.8) is 0 Å². The van der Waals surface area contributed by atoms with Gasteiger partial charge >= 0.3 is 29.6 Å². The van der Waals surface area contributed by atoms with Crippen molar-refractivity contribution in [3.05, 3.63) is 0 Å². The van der Waals surface area contributed by atoms with Gasteiger partial charge in [-0.1, -0.05) is 7.43 Å². The Kier molecular flexibility index (Phi) is 10.8. The molecular formula is C5H13NaO. The van der Waals surface area contributed by atoms with Crippen molar-refractivity contribution in [1.82, 2.24) is 0 Å². The van der Waals surface area contributed by atoms with Crippen LogP contribution >= 0.6 is 0 Å². The van der Waals surface area contributed by atoms with E-state index in [-0.39, 0.29) is 37.0 Å². The van der Waals surface area contributed by atoms with Gasteiger partial charge in [-0.3, -0.25) is 0 Å². The van der Waals surface area contributed by atoms with E-state index in [0.29, 0.717) is 0 Å². The Morgan fingerprint density at radius 1 is 1.00 bits per heavy atom. The molecular weight excluding hydrogens is 99.0 g/mol. The van der Waals surface area contributed by atoms with Crippen LogP contribution in [0.4, 0.5) is 0 Å². The van der Waals surface area contributed by atoms with E-state index >= 15 is 0 Å². The van der Waals surface area contributed by atoms with Crippen LogP contribution in [-0.4, -0.2) is 42.8 Å². The molecule has 1 aliphatic rings. The molecule has 0 N–H and O–H groups in total. The van der Waals surface area contributed by atoms with Gasteiger partial charge in [0.25, 0.3) is 0 Å². The first-order chi connectivity index (χ1) is 2.50. The topological polar surface area (TPSA) is 9.23 Å². The molecule has 1 aliphatic heterocycles. The molecule has 0 aromatic carbocycles. The van der Waals surface area contributed by atoms with E-state index in [1.54, 1.807) is 0 Å². The van der Waals surface area contributed by atoms with E-state index in [2.05, 4.69) is 0 Å². The van der Waals surface area contributed by atoms with Crippen LogP contribution in [0.15, 0.2) is 0 Å². The molecule has 0 spiro atoms. The van der Waals surface area contributed by atoms with Crippen molar-refractivity contribution in [2.75, 3.05) is 13.2 Å². The van der Waals surface area contributed by atoms with Gasteiger partial charge in [0, 0.05) is 13.2 Å². The molecule has 1 heterocycles. The summed E-state index contributed by atoms with van der Waals surface area (Å²) in [5.41, 5.74) is 0. The Hall–Kier alpha value is 0.960. The maximum absolute atomic E-state index is 4.94. The Bertz CT molecular complexity index is 19.7. The Morgan fingerprint density at radius 2 is 1.43 bits per heavy atom. The molecule has 0 radical (unpaired) electrons. The summed E-state index contributed by atoms with van der Waals surface area (Å²) in [6.07, 6.45) is 2.56. The molecule has 0 bridgehead atoms. The quantitative estimate of drug-likeness (QED) is 0.421. The Labute approximate surface area is 67.7 Å². The second kappa shape index (κ2) is 6.96. The first-order valence-corrected chi connectivity index (χ1v) is 2.08. The Balaban J connectivity index is 0. The molecule has 0 saturated carbocycles. The summed E-state index contributed by atoms with van der Waals surface area (Å²) in [6.45, 7) is 2.00. The fourth-order valence-electron chi connectivity index (χ4n) is 0.510. The monoisotopic (exact) mass is 112 g/mol. The number of hydrogen-bond donors (Lipinski definition) is 0. The van der Waals surface area contributed by atoms with Crippen molar-refractivity contribution >= 4 is 29.6 Å². The molecule has 7 heavy (non-hydrogen) atoms. The molecule has 1 fully saturated rings. The van der Waals surface area contributed by atoms with E-state index in [1.165, 1.54) is 12.8 Å². The van der Waals surface area contributed by atoms with Crippen molar-refractivity contribution in [1.29, 1.82) is 0 Å². The molecule has 2 heteroatoms. The Morgan fingerprint density at radius 3 is 1.57 bits per heavy atom. The van der Waals surface area contributed by atoms with E-state index in [4.69, 9.17) is 4.74 Å².